The first kappa shape index (κ1) is 18.5. The number of thioether (sulfide) groups is 1. The van der Waals surface area contributed by atoms with Crippen LogP contribution in [-0.4, -0.2) is 45.5 Å². The number of nitrogens with two attached hydrogens (primary N) is 2. The Labute approximate surface area is 158 Å². The van der Waals surface area contributed by atoms with Gasteiger partial charge in [-0.1, -0.05) is 11.8 Å². The fraction of sp³-hybridized carbons (Fsp3) is 0.188. The molecular formula is C16H17N7O3S. The number of carbonyl (C=O) groups is 2. The number of carbonyl (C=O) groups excluding carboxylic acids is 2. The second-order valence-corrected chi connectivity index (χ2v) is 6.61. The molecule has 3 rings (SSSR count). The highest BCUT2D eigenvalue weighted by atomic mass is 32.2. The lowest BCUT2D eigenvalue weighted by Crippen LogP contribution is -2.44. The summed E-state index contributed by atoms with van der Waals surface area (Å²) in [5, 5.41) is 5.50. The number of hydrogen-bond acceptors (Lipinski definition) is 9. The molecule has 1 aromatic heterocycles. The van der Waals surface area contributed by atoms with Gasteiger partial charge in [0.05, 0.1) is 25.2 Å². The molecule has 1 aliphatic rings. The largest absolute Gasteiger partial charge is 0.497 e. The molecule has 140 valence electrons. The molecule has 0 fully saturated rings. The van der Waals surface area contributed by atoms with E-state index in [2.05, 4.69) is 25.6 Å². The summed E-state index contributed by atoms with van der Waals surface area (Å²) in [6.07, 6.45) is 2.96. The van der Waals surface area contributed by atoms with E-state index in [1.54, 1.807) is 31.4 Å². The summed E-state index contributed by atoms with van der Waals surface area (Å²) in [6.45, 7) is 0. The third-order valence-corrected chi connectivity index (χ3v) is 4.68. The van der Waals surface area contributed by atoms with Gasteiger partial charge in [-0.05, 0) is 24.3 Å². The van der Waals surface area contributed by atoms with Crippen LogP contribution in [0.1, 0.15) is 10.4 Å². The Balaban J connectivity index is 1.68. The molecule has 1 aliphatic heterocycles. The van der Waals surface area contributed by atoms with E-state index in [1.165, 1.54) is 24.2 Å². The van der Waals surface area contributed by atoms with Crippen LogP contribution in [-0.2, 0) is 4.79 Å². The van der Waals surface area contributed by atoms with E-state index in [4.69, 9.17) is 16.2 Å². The fourth-order valence-corrected chi connectivity index (χ4v) is 3.35. The highest BCUT2D eigenvalue weighted by molar-refractivity contribution is 8.15. The maximum absolute atomic E-state index is 12.4. The number of methoxy groups -OCH3 is 1. The molecule has 6 N–H and O–H groups in total. The van der Waals surface area contributed by atoms with Crippen molar-refractivity contribution in [3.05, 3.63) is 42.2 Å². The molecule has 2 heterocycles. The first-order valence-electron chi connectivity index (χ1n) is 7.79. The van der Waals surface area contributed by atoms with Crippen LogP contribution in [0.2, 0.25) is 0 Å². The van der Waals surface area contributed by atoms with Crippen LogP contribution in [0.3, 0.4) is 0 Å². The molecule has 2 atom stereocenters. The Kier molecular flexibility index (Phi) is 5.41. The second-order valence-electron chi connectivity index (χ2n) is 5.48. The van der Waals surface area contributed by atoms with Gasteiger partial charge in [-0.25, -0.2) is 15.0 Å². The lowest BCUT2D eigenvalue weighted by molar-refractivity contribution is -0.119. The highest BCUT2D eigenvalue weighted by Crippen LogP contribution is 2.26. The molecule has 10 nitrogen and oxygen atoms in total. The normalized spacial score (nSPS) is 18.5. The van der Waals surface area contributed by atoms with Gasteiger partial charge < -0.3 is 26.8 Å². The number of benzene rings is 1. The van der Waals surface area contributed by atoms with Crippen LogP contribution < -0.4 is 26.8 Å². The van der Waals surface area contributed by atoms with Crippen LogP contribution in [0.5, 0.6) is 5.75 Å². The van der Waals surface area contributed by atoms with Crippen LogP contribution in [0, 0.1) is 0 Å². The van der Waals surface area contributed by atoms with Crippen LogP contribution in [0.25, 0.3) is 0 Å². The minimum atomic E-state index is -0.908. The number of aliphatic imine (C=N–C) groups is 1. The minimum Gasteiger partial charge on any atom is -0.497 e. The predicted octanol–water partition coefficient (Wildman–Crippen LogP) is 0.192. The third kappa shape index (κ3) is 4.44. The van der Waals surface area contributed by atoms with Crippen molar-refractivity contribution in [1.29, 1.82) is 0 Å². The van der Waals surface area contributed by atoms with Gasteiger partial charge in [0.2, 0.25) is 11.9 Å². The van der Waals surface area contributed by atoms with Gasteiger partial charge in [0.25, 0.3) is 5.91 Å². The summed E-state index contributed by atoms with van der Waals surface area (Å²) in [7, 11) is 1.54. The minimum absolute atomic E-state index is 0.140. The summed E-state index contributed by atoms with van der Waals surface area (Å²) < 4.78 is 5.07. The zero-order chi connectivity index (χ0) is 19.4. The zero-order valence-electron chi connectivity index (χ0n) is 14.2. The van der Waals surface area contributed by atoms with Gasteiger partial charge in [0.15, 0.2) is 11.2 Å². The number of rotatable bonds is 5. The van der Waals surface area contributed by atoms with Crippen molar-refractivity contribution in [2.75, 3.05) is 18.2 Å². The van der Waals surface area contributed by atoms with E-state index in [-0.39, 0.29) is 11.9 Å². The predicted molar refractivity (Wildman–Crippen MR) is 102 cm³/mol. The van der Waals surface area contributed by atoms with Crippen molar-refractivity contribution in [3.63, 3.8) is 0 Å². The van der Waals surface area contributed by atoms with Gasteiger partial charge in [-0.2, -0.15) is 0 Å². The number of primary amides is 1. The number of anilines is 2. The maximum atomic E-state index is 12.4. The first-order chi connectivity index (χ1) is 13.0. The van der Waals surface area contributed by atoms with Crippen LogP contribution >= 0.6 is 11.8 Å². The highest BCUT2D eigenvalue weighted by Gasteiger charge is 2.35. The van der Waals surface area contributed by atoms with Crippen molar-refractivity contribution in [3.8, 4) is 5.75 Å². The third-order valence-electron chi connectivity index (χ3n) is 3.62. The van der Waals surface area contributed by atoms with Gasteiger partial charge >= 0.3 is 0 Å². The lowest BCUT2D eigenvalue weighted by atomic mass is 10.2. The molecule has 0 saturated heterocycles. The topological polar surface area (TPSA) is 158 Å². The Morgan fingerprint density at radius 2 is 1.85 bits per heavy atom. The molecule has 2 aromatic rings. The van der Waals surface area contributed by atoms with Crippen molar-refractivity contribution >= 4 is 40.4 Å². The summed E-state index contributed by atoms with van der Waals surface area (Å²) in [6, 6.07) is 5.69. The molecule has 2 unspecified atom stereocenters. The number of nitrogens with zero attached hydrogens (tertiary/aromatic N) is 3. The Morgan fingerprint density at radius 1 is 1.19 bits per heavy atom. The SMILES string of the molecule is COc1ccc(C(=O)NC2SC(Nc3cnc(N)nc3)=NC2C(N)=O)cc1. The molecule has 2 amide bonds. The number of nitrogens with one attached hydrogen (secondary N) is 2. The van der Waals surface area contributed by atoms with Gasteiger partial charge in [-0.3, -0.25) is 9.59 Å². The summed E-state index contributed by atoms with van der Waals surface area (Å²) in [4.78, 5) is 36.1. The van der Waals surface area contributed by atoms with Crippen molar-refractivity contribution in [2.45, 2.75) is 11.4 Å². The molecule has 27 heavy (non-hydrogen) atoms. The van der Waals surface area contributed by atoms with E-state index < -0.39 is 17.3 Å². The molecular weight excluding hydrogens is 370 g/mol. The number of nitrogen functional groups attached to an aromatic ring is 1. The number of aromatic nitrogens is 2. The smallest absolute Gasteiger partial charge is 0.252 e. The quantitative estimate of drug-likeness (QED) is 0.566. The molecule has 0 aliphatic carbocycles. The average Bonchev–Trinajstić information content (AvgIpc) is 3.06. The van der Waals surface area contributed by atoms with Crippen molar-refractivity contribution in [1.82, 2.24) is 15.3 Å². The van der Waals surface area contributed by atoms with Gasteiger partial charge in [-0.15, -0.1) is 0 Å². The summed E-state index contributed by atoms with van der Waals surface area (Å²) in [5.41, 5.74) is 11.8. The Morgan fingerprint density at radius 3 is 2.44 bits per heavy atom. The fourth-order valence-electron chi connectivity index (χ4n) is 2.27. The molecule has 0 radical (unpaired) electrons. The lowest BCUT2D eigenvalue weighted by Gasteiger charge is -2.16. The number of hydrogen-bond donors (Lipinski definition) is 4. The average molecular weight is 387 g/mol. The molecule has 11 heteroatoms. The van der Waals surface area contributed by atoms with E-state index in [1.807, 2.05) is 0 Å². The first-order valence-corrected chi connectivity index (χ1v) is 8.67. The van der Waals surface area contributed by atoms with E-state index in [9.17, 15) is 9.59 Å². The molecule has 0 bridgehead atoms. The van der Waals surface area contributed by atoms with E-state index in [0.29, 0.717) is 22.2 Å². The molecule has 1 aromatic carbocycles. The zero-order valence-corrected chi connectivity index (χ0v) is 15.1. The Bertz CT molecular complexity index is 871. The maximum Gasteiger partial charge on any atom is 0.252 e. The monoisotopic (exact) mass is 387 g/mol. The summed E-state index contributed by atoms with van der Waals surface area (Å²) >= 11 is 1.17. The van der Waals surface area contributed by atoms with Crippen molar-refractivity contribution in [2.24, 2.45) is 10.7 Å². The summed E-state index contributed by atoms with van der Waals surface area (Å²) in [5.74, 6) is -0.222. The Hall–Kier alpha value is -3.34. The molecule has 0 saturated carbocycles. The van der Waals surface area contributed by atoms with Gasteiger partial charge in [0.1, 0.15) is 11.1 Å². The standard InChI is InChI=1S/C16H17N7O3S/c1-26-10-4-2-8(3-5-10)13(25)23-14-11(12(17)24)22-16(27-14)21-9-6-19-15(18)20-7-9/h2-7,11,14H,1H3,(H2,17,24)(H,21,22)(H,23,25)(H2,18,19,20). The van der Waals surface area contributed by atoms with Crippen molar-refractivity contribution < 1.29 is 14.3 Å². The van der Waals surface area contributed by atoms with Crippen LogP contribution in [0.15, 0.2) is 41.7 Å². The second kappa shape index (κ2) is 7.91. The van der Waals surface area contributed by atoms with Crippen LogP contribution in [0.4, 0.5) is 11.6 Å². The van der Waals surface area contributed by atoms with E-state index >= 15 is 0 Å². The number of amidine groups is 1. The van der Waals surface area contributed by atoms with E-state index in [0.717, 1.165) is 0 Å². The van der Waals surface area contributed by atoms with Gasteiger partial charge in [0, 0.05) is 5.56 Å². The number of amides is 2. The number of ether oxygens (including phenoxy) is 1. The molecule has 0 spiro atoms.